The highest BCUT2D eigenvalue weighted by molar-refractivity contribution is 5.91. The summed E-state index contributed by atoms with van der Waals surface area (Å²) in [6.45, 7) is 5.41. The maximum absolute atomic E-state index is 11.9. The van der Waals surface area contributed by atoms with Crippen LogP contribution in [0.5, 0.6) is 0 Å². The Labute approximate surface area is 126 Å². The maximum Gasteiger partial charge on any atom is 0.226 e. The monoisotopic (exact) mass is 291 g/mol. The van der Waals surface area contributed by atoms with E-state index in [1.54, 1.807) is 4.90 Å². The Morgan fingerprint density at radius 1 is 1.05 bits per heavy atom. The van der Waals surface area contributed by atoms with Crippen LogP contribution in [-0.4, -0.2) is 55.3 Å². The molecule has 5 nitrogen and oxygen atoms in total. The van der Waals surface area contributed by atoms with E-state index in [9.17, 15) is 9.59 Å². The number of likely N-dealkylation sites (N-methyl/N-ethyl adjacent to an activating group) is 1. The van der Waals surface area contributed by atoms with Gasteiger partial charge in [0.25, 0.3) is 0 Å². The van der Waals surface area contributed by atoms with Gasteiger partial charge < -0.3 is 15.1 Å². The van der Waals surface area contributed by atoms with Crippen LogP contribution in [0.15, 0.2) is 24.3 Å². The van der Waals surface area contributed by atoms with Gasteiger partial charge in [0.1, 0.15) is 0 Å². The van der Waals surface area contributed by atoms with E-state index in [1.807, 2.05) is 50.2 Å². The standard InChI is InChI=1S/C16H25N3O2/c1-13-5-7-15(8-6-13)17-16(21)9-10-19(14(2)20)12-11-18(3)4/h5-8H,9-12H2,1-4H3,(H,17,21). The molecule has 0 heterocycles. The van der Waals surface area contributed by atoms with Crippen molar-refractivity contribution in [3.8, 4) is 0 Å². The van der Waals surface area contributed by atoms with Gasteiger partial charge >= 0.3 is 0 Å². The number of hydrogen-bond donors (Lipinski definition) is 1. The average molecular weight is 291 g/mol. The SMILES string of the molecule is CC(=O)N(CCC(=O)Nc1ccc(C)cc1)CCN(C)C. The molecule has 0 saturated carbocycles. The summed E-state index contributed by atoms with van der Waals surface area (Å²) in [5.41, 5.74) is 1.94. The van der Waals surface area contributed by atoms with Crippen molar-refractivity contribution in [1.82, 2.24) is 9.80 Å². The molecule has 1 rings (SSSR count). The van der Waals surface area contributed by atoms with Gasteiger partial charge in [-0.3, -0.25) is 9.59 Å². The van der Waals surface area contributed by atoms with Gasteiger partial charge in [-0.05, 0) is 33.2 Å². The Morgan fingerprint density at radius 2 is 1.67 bits per heavy atom. The summed E-state index contributed by atoms with van der Waals surface area (Å²) in [7, 11) is 3.92. The quantitative estimate of drug-likeness (QED) is 0.832. The van der Waals surface area contributed by atoms with Crippen molar-refractivity contribution in [3.05, 3.63) is 29.8 Å². The fourth-order valence-corrected chi connectivity index (χ4v) is 1.84. The molecule has 0 spiro atoms. The second-order valence-electron chi connectivity index (χ2n) is 5.47. The van der Waals surface area contributed by atoms with Gasteiger partial charge in [0.2, 0.25) is 11.8 Å². The lowest BCUT2D eigenvalue weighted by Gasteiger charge is -2.22. The Kier molecular flexibility index (Phi) is 6.88. The fraction of sp³-hybridized carbons (Fsp3) is 0.500. The predicted molar refractivity (Wildman–Crippen MR) is 85.2 cm³/mol. The second kappa shape index (κ2) is 8.42. The summed E-state index contributed by atoms with van der Waals surface area (Å²) in [5, 5.41) is 2.84. The van der Waals surface area contributed by atoms with Gasteiger partial charge in [-0.25, -0.2) is 0 Å². The van der Waals surface area contributed by atoms with Gasteiger partial charge in [0.15, 0.2) is 0 Å². The van der Waals surface area contributed by atoms with Gasteiger partial charge in [0, 0.05) is 38.7 Å². The Bertz CT molecular complexity index is 469. The molecule has 0 bridgehead atoms. The van der Waals surface area contributed by atoms with Crippen LogP contribution in [0.1, 0.15) is 18.9 Å². The zero-order valence-electron chi connectivity index (χ0n) is 13.3. The summed E-state index contributed by atoms with van der Waals surface area (Å²) < 4.78 is 0. The number of amides is 2. The number of hydrogen-bond acceptors (Lipinski definition) is 3. The average Bonchev–Trinajstić information content (AvgIpc) is 2.40. The van der Waals surface area contributed by atoms with Gasteiger partial charge in [-0.15, -0.1) is 0 Å². The number of carbonyl (C=O) groups is 2. The summed E-state index contributed by atoms with van der Waals surface area (Å²) in [6, 6.07) is 7.66. The first kappa shape index (κ1) is 17.2. The van der Waals surface area contributed by atoms with E-state index in [0.717, 1.165) is 17.8 Å². The lowest BCUT2D eigenvalue weighted by Crippen LogP contribution is -2.37. The Morgan fingerprint density at radius 3 is 2.19 bits per heavy atom. The van der Waals surface area contributed by atoms with E-state index in [-0.39, 0.29) is 11.8 Å². The van der Waals surface area contributed by atoms with Crippen LogP contribution in [0, 0.1) is 6.92 Å². The van der Waals surface area contributed by atoms with Crippen molar-refractivity contribution in [2.75, 3.05) is 39.0 Å². The molecule has 0 saturated heterocycles. The van der Waals surface area contributed by atoms with Crippen molar-refractivity contribution < 1.29 is 9.59 Å². The minimum Gasteiger partial charge on any atom is -0.341 e. The topological polar surface area (TPSA) is 52.7 Å². The number of rotatable bonds is 7. The molecule has 0 atom stereocenters. The molecule has 0 fully saturated rings. The molecule has 1 N–H and O–H groups in total. The molecule has 116 valence electrons. The molecule has 0 radical (unpaired) electrons. The van der Waals surface area contributed by atoms with E-state index in [4.69, 9.17) is 0 Å². The van der Waals surface area contributed by atoms with Gasteiger partial charge in [0.05, 0.1) is 0 Å². The molecule has 0 aliphatic carbocycles. The van der Waals surface area contributed by atoms with Gasteiger partial charge in [-0.2, -0.15) is 0 Å². The molecule has 0 aliphatic rings. The summed E-state index contributed by atoms with van der Waals surface area (Å²) in [4.78, 5) is 27.2. The fourth-order valence-electron chi connectivity index (χ4n) is 1.84. The van der Waals surface area contributed by atoms with Crippen LogP contribution in [0.25, 0.3) is 0 Å². The minimum atomic E-state index is -0.0741. The van der Waals surface area contributed by atoms with E-state index < -0.39 is 0 Å². The van der Waals surface area contributed by atoms with Crippen LogP contribution < -0.4 is 5.32 Å². The summed E-state index contributed by atoms with van der Waals surface area (Å²) in [6.07, 6.45) is 0.306. The molecule has 5 heteroatoms. The number of anilines is 1. The molecule has 0 unspecified atom stereocenters. The first-order valence-corrected chi connectivity index (χ1v) is 7.15. The molecule has 1 aromatic carbocycles. The predicted octanol–water partition coefficient (Wildman–Crippen LogP) is 1.73. The van der Waals surface area contributed by atoms with Crippen molar-refractivity contribution >= 4 is 17.5 Å². The highest BCUT2D eigenvalue weighted by Crippen LogP contribution is 2.09. The Hall–Kier alpha value is -1.88. The highest BCUT2D eigenvalue weighted by atomic mass is 16.2. The van der Waals surface area contributed by atoms with E-state index in [1.165, 1.54) is 6.92 Å². The number of nitrogens with one attached hydrogen (secondary N) is 1. The summed E-state index contributed by atoms with van der Waals surface area (Å²) >= 11 is 0. The summed E-state index contributed by atoms with van der Waals surface area (Å²) in [5.74, 6) is -0.0741. The maximum atomic E-state index is 11.9. The van der Waals surface area contributed by atoms with Crippen LogP contribution in [0.2, 0.25) is 0 Å². The van der Waals surface area contributed by atoms with Crippen LogP contribution in [0.4, 0.5) is 5.69 Å². The third kappa shape index (κ3) is 6.90. The lowest BCUT2D eigenvalue weighted by atomic mass is 10.2. The van der Waals surface area contributed by atoms with Crippen LogP contribution in [0.3, 0.4) is 0 Å². The third-order valence-corrected chi connectivity index (χ3v) is 3.21. The van der Waals surface area contributed by atoms with Crippen molar-refractivity contribution in [2.45, 2.75) is 20.3 Å². The van der Waals surface area contributed by atoms with E-state index in [0.29, 0.717) is 19.5 Å². The molecular formula is C16H25N3O2. The first-order chi connectivity index (χ1) is 9.88. The van der Waals surface area contributed by atoms with Crippen molar-refractivity contribution in [2.24, 2.45) is 0 Å². The van der Waals surface area contributed by atoms with Crippen LogP contribution in [-0.2, 0) is 9.59 Å². The van der Waals surface area contributed by atoms with Crippen molar-refractivity contribution in [3.63, 3.8) is 0 Å². The largest absolute Gasteiger partial charge is 0.341 e. The minimum absolute atomic E-state index is 0.0000131. The number of aryl methyl sites for hydroxylation is 1. The molecule has 1 aromatic rings. The molecule has 0 aliphatic heterocycles. The highest BCUT2D eigenvalue weighted by Gasteiger charge is 2.11. The lowest BCUT2D eigenvalue weighted by molar-refractivity contribution is -0.129. The number of carbonyl (C=O) groups excluding carboxylic acids is 2. The zero-order valence-corrected chi connectivity index (χ0v) is 13.3. The van der Waals surface area contributed by atoms with E-state index >= 15 is 0 Å². The molecular weight excluding hydrogens is 266 g/mol. The van der Waals surface area contributed by atoms with E-state index in [2.05, 4.69) is 5.32 Å². The smallest absolute Gasteiger partial charge is 0.226 e. The first-order valence-electron chi connectivity index (χ1n) is 7.15. The Balaban J connectivity index is 2.42. The van der Waals surface area contributed by atoms with Crippen LogP contribution >= 0.6 is 0 Å². The second-order valence-corrected chi connectivity index (χ2v) is 5.47. The number of nitrogens with zero attached hydrogens (tertiary/aromatic N) is 2. The molecule has 0 aromatic heterocycles. The zero-order chi connectivity index (χ0) is 15.8. The van der Waals surface area contributed by atoms with Crippen molar-refractivity contribution in [1.29, 1.82) is 0 Å². The number of benzene rings is 1. The normalized spacial score (nSPS) is 10.5. The molecule has 2 amide bonds. The molecule has 21 heavy (non-hydrogen) atoms. The van der Waals surface area contributed by atoms with Gasteiger partial charge in [-0.1, -0.05) is 17.7 Å². The third-order valence-electron chi connectivity index (χ3n) is 3.21.